The summed E-state index contributed by atoms with van der Waals surface area (Å²) in [7, 11) is 3.38. The van der Waals surface area contributed by atoms with Gasteiger partial charge in [0.15, 0.2) is 0 Å². The van der Waals surface area contributed by atoms with Gasteiger partial charge in [-0.2, -0.15) is 0 Å². The molecule has 0 aromatic rings. The van der Waals surface area contributed by atoms with Crippen LogP contribution in [0.25, 0.3) is 0 Å². The van der Waals surface area contributed by atoms with Gasteiger partial charge in [0.1, 0.15) is 0 Å². The predicted molar refractivity (Wildman–Crippen MR) is 52.0 cm³/mol. The van der Waals surface area contributed by atoms with E-state index in [9.17, 15) is 0 Å². The Bertz CT molecular complexity index is 101. The Morgan fingerprint density at radius 3 is 2.54 bits per heavy atom. The molecule has 0 saturated heterocycles. The molecule has 0 aromatic heterocycles. The summed E-state index contributed by atoms with van der Waals surface area (Å²) in [5.41, 5.74) is 0. The molecule has 4 heteroatoms. The van der Waals surface area contributed by atoms with Crippen LogP contribution in [-0.2, 0) is 14.2 Å². The molecular formula is C9H21NO3. The summed E-state index contributed by atoms with van der Waals surface area (Å²) in [4.78, 5) is 0. The molecule has 13 heavy (non-hydrogen) atoms. The van der Waals surface area contributed by atoms with Gasteiger partial charge >= 0.3 is 0 Å². The number of ether oxygens (including phenoxy) is 3. The van der Waals surface area contributed by atoms with E-state index in [0.717, 1.165) is 19.7 Å². The summed E-state index contributed by atoms with van der Waals surface area (Å²) in [6, 6.07) is 0. The lowest BCUT2D eigenvalue weighted by Gasteiger charge is -2.10. The van der Waals surface area contributed by atoms with Crippen LogP contribution < -0.4 is 5.32 Å². The van der Waals surface area contributed by atoms with Crippen molar-refractivity contribution in [3.8, 4) is 0 Å². The zero-order valence-electron chi connectivity index (χ0n) is 8.84. The zero-order chi connectivity index (χ0) is 9.94. The summed E-state index contributed by atoms with van der Waals surface area (Å²) < 4.78 is 15.2. The molecule has 0 heterocycles. The summed E-state index contributed by atoms with van der Waals surface area (Å²) in [6.45, 7) is 5.80. The molecule has 0 aromatic carbocycles. The molecule has 4 nitrogen and oxygen atoms in total. The first-order valence-electron chi connectivity index (χ1n) is 4.61. The second-order valence-electron chi connectivity index (χ2n) is 2.86. The van der Waals surface area contributed by atoms with Crippen LogP contribution in [0.1, 0.15) is 6.92 Å². The van der Waals surface area contributed by atoms with Crippen molar-refractivity contribution in [3.63, 3.8) is 0 Å². The molecule has 0 rings (SSSR count). The van der Waals surface area contributed by atoms with Gasteiger partial charge in [0.05, 0.1) is 25.9 Å². The topological polar surface area (TPSA) is 39.7 Å². The van der Waals surface area contributed by atoms with Crippen molar-refractivity contribution in [3.05, 3.63) is 0 Å². The van der Waals surface area contributed by atoms with Gasteiger partial charge in [-0.1, -0.05) is 0 Å². The minimum Gasteiger partial charge on any atom is -0.382 e. The predicted octanol–water partition coefficient (Wildman–Crippen LogP) is 0.274. The van der Waals surface area contributed by atoms with Crippen LogP contribution in [0, 0.1) is 0 Å². The van der Waals surface area contributed by atoms with Gasteiger partial charge in [0, 0.05) is 27.3 Å². The largest absolute Gasteiger partial charge is 0.382 e. The standard InChI is InChI=1S/C9H21NO3/c1-9(12-3)8-10-4-5-13-7-6-11-2/h9-10H,4-8H2,1-3H3. The lowest BCUT2D eigenvalue weighted by Crippen LogP contribution is -2.29. The minimum atomic E-state index is 0.263. The minimum absolute atomic E-state index is 0.263. The monoisotopic (exact) mass is 191 g/mol. The molecule has 0 aliphatic carbocycles. The fourth-order valence-electron chi connectivity index (χ4n) is 0.777. The average molecular weight is 191 g/mol. The van der Waals surface area contributed by atoms with E-state index < -0.39 is 0 Å². The van der Waals surface area contributed by atoms with E-state index in [-0.39, 0.29) is 6.10 Å². The first kappa shape index (κ1) is 12.8. The Hall–Kier alpha value is -0.160. The molecule has 0 aliphatic rings. The van der Waals surface area contributed by atoms with Crippen LogP contribution in [-0.4, -0.2) is 53.2 Å². The molecular weight excluding hydrogens is 170 g/mol. The van der Waals surface area contributed by atoms with E-state index in [2.05, 4.69) is 5.32 Å². The lowest BCUT2D eigenvalue weighted by atomic mass is 10.4. The van der Waals surface area contributed by atoms with Crippen molar-refractivity contribution in [2.45, 2.75) is 13.0 Å². The van der Waals surface area contributed by atoms with E-state index in [0.29, 0.717) is 13.2 Å². The average Bonchev–Trinajstić information content (AvgIpc) is 2.16. The number of methoxy groups -OCH3 is 2. The van der Waals surface area contributed by atoms with Gasteiger partial charge in [-0.15, -0.1) is 0 Å². The van der Waals surface area contributed by atoms with Crippen molar-refractivity contribution in [1.29, 1.82) is 0 Å². The van der Waals surface area contributed by atoms with E-state index in [1.165, 1.54) is 0 Å². The van der Waals surface area contributed by atoms with E-state index in [1.54, 1.807) is 14.2 Å². The van der Waals surface area contributed by atoms with Crippen LogP contribution in [0.5, 0.6) is 0 Å². The smallest absolute Gasteiger partial charge is 0.0700 e. The van der Waals surface area contributed by atoms with E-state index in [1.807, 2.05) is 6.92 Å². The summed E-state index contributed by atoms with van der Waals surface area (Å²) in [5.74, 6) is 0. The second kappa shape index (κ2) is 9.92. The van der Waals surface area contributed by atoms with Crippen molar-refractivity contribution in [1.82, 2.24) is 5.32 Å². The molecule has 0 fully saturated rings. The third-order valence-electron chi connectivity index (χ3n) is 1.69. The van der Waals surface area contributed by atoms with Gasteiger partial charge in [0.25, 0.3) is 0 Å². The van der Waals surface area contributed by atoms with E-state index >= 15 is 0 Å². The van der Waals surface area contributed by atoms with Crippen LogP contribution in [0.4, 0.5) is 0 Å². The highest BCUT2D eigenvalue weighted by atomic mass is 16.5. The highest BCUT2D eigenvalue weighted by molar-refractivity contribution is 4.53. The zero-order valence-corrected chi connectivity index (χ0v) is 8.84. The fourth-order valence-corrected chi connectivity index (χ4v) is 0.777. The van der Waals surface area contributed by atoms with Gasteiger partial charge in [-0.25, -0.2) is 0 Å². The number of hydrogen-bond donors (Lipinski definition) is 1. The molecule has 0 amide bonds. The SMILES string of the molecule is COCCOCCNCC(C)OC. The third-order valence-corrected chi connectivity index (χ3v) is 1.69. The number of nitrogens with one attached hydrogen (secondary N) is 1. The molecule has 80 valence electrons. The first-order valence-corrected chi connectivity index (χ1v) is 4.61. The first-order chi connectivity index (χ1) is 6.31. The van der Waals surface area contributed by atoms with Crippen molar-refractivity contribution in [2.24, 2.45) is 0 Å². The normalized spacial score (nSPS) is 13.2. The Morgan fingerprint density at radius 1 is 1.15 bits per heavy atom. The van der Waals surface area contributed by atoms with Crippen LogP contribution in [0.15, 0.2) is 0 Å². The van der Waals surface area contributed by atoms with Gasteiger partial charge in [-0.3, -0.25) is 0 Å². The summed E-state index contributed by atoms with van der Waals surface area (Å²) in [5, 5.41) is 3.22. The van der Waals surface area contributed by atoms with Gasteiger partial charge < -0.3 is 19.5 Å². The number of hydrogen-bond acceptors (Lipinski definition) is 4. The van der Waals surface area contributed by atoms with Crippen LogP contribution in [0.2, 0.25) is 0 Å². The van der Waals surface area contributed by atoms with Crippen LogP contribution in [0.3, 0.4) is 0 Å². The Balaban J connectivity index is 2.91. The lowest BCUT2D eigenvalue weighted by molar-refractivity contribution is 0.0688. The molecule has 0 saturated carbocycles. The van der Waals surface area contributed by atoms with Crippen molar-refractivity contribution >= 4 is 0 Å². The summed E-state index contributed by atoms with van der Waals surface area (Å²) in [6.07, 6.45) is 0.263. The quantitative estimate of drug-likeness (QED) is 0.531. The van der Waals surface area contributed by atoms with Gasteiger partial charge in [0.2, 0.25) is 0 Å². The molecule has 1 unspecified atom stereocenters. The highest BCUT2D eigenvalue weighted by Gasteiger charge is 1.96. The molecule has 1 N–H and O–H groups in total. The third kappa shape index (κ3) is 9.76. The molecule has 0 radical (unpaired) electrons. The van der Waals surface area contributed by atoms with Crippen molar-refractivity contribution < 1.29 is 14.2 Å². The summed E-state index contributed by atoms with van der Waals surface area (Å²) >= 11 is 0. The maximum atomic E-state index is 5.26. The highest BCUT2D eigenvalue weighted by Crippen LogP contribution is 1.83. The Morgan fingerprint density at radius 2 is 1.92 bits per heavy atom. The Kier molecular flexibility index (Phi) is 9.80. The maximum absolute atomic E-state index is 5.26. The van der Waals surface area contributed by atoms with Gasteiger partial charge in [-0.05, 0) is 6.92 Å². The number of rotatable bonds is 9. The van der Waals surface area contributed by atoms with E-state index in [4.69, 9.17) is 14.2 Å². The molecule has 0 spiro atoms. The molecule has 0 bridgehead atoms. The second-order valence-corrected chi connectivity index (χ2v) is 2.86. The molecule has 0 aliphatic heterocycles. The molecule has 1 atom stereocenters. The fraction of sp³-hybridized carbons (Fsp3) is 1.00. The van der Waals surface area contributed by atoms with Crippen molar-refractivity contribution in [2.75, 3.05) is 47.1 Å². The van der Waals surface area contributed by atoms with Crippen LogP contribution >= 0.6 is 0 Å². The maximum Gasteiger partial charge on any atom is 0.0700 e. The Labute approximate surface area is 80.5 Å².